The number of primary amides is 1. The van der Waals surface area contributed by atoms with E-state index in [0.29, 0.717) is 30.8 Å². The topological polar surface area (TPSA) is 95.7 Å². The molecule has 0 saturated heterocycles. The number of rotatable bonds is 15. The van der Waals surface area contributed by atoms with Crippen LogP contribution in [0.4, 0.5) is 8.78 Å². The summed E-state index contributed by atoms with van der Waals surface area (Å²) in [7, 11) is 0. The molecule has 0 radical (unpaired) electrons. The second-order valence-corrected chi connectivity index (χ2v) is 12.7. The molecule has 0 spiro atoms. The molecule has 9 heteroatoms. The smallest absolute Gasteiger partial charge is 0.249 e. The second kappa shape index (κ2) is 15.6. The SMILES string of the molecule is CCCN(CCC)C(=O)C1=CC(C)=CC(C(N)=O)([C@H](Cc2cc(F)cc(F)c2)[C@@H](O)CNCc2cccc(-c3ccsc3)c2)C1. The molecule has 6 nitrogen and oxygen atoms in total. The lowest BCUT2D eigenvalue weighted by Crippen LogP contribution is -2.51. The summed E-state index contributed by atoms with van der Waals surface area (Å²) in [5, 5.41) is 19.1. The van der Waals surface area contributed by atoms with Gasteiger partial charge in [0.1, 0.15) is 11.6 Å². The third-order valence-electron chi connectivity index (χ3n) is 8.35. The number of hydrogen-bond acceptors (Lipinski definition) is 5. The Bertz CT molecular complexity index is 1510. The fraction of sp³-hybridized carbons (Fsp3) is 0.389. The molecule has 4 rings (SSSR count). The minimum absolute atomic E-state index is 0.0232. The van der Waals surface area contributed by atoms with Crippen molar-refractivity contribution in [3.63, 3.8) is 0 Å². The second-order valence-electron chi connectivity index (χ2n) is 11.9. The molecule has 0 aliphatic heterocycles. The van der Waals surface area contributed by atoms with Crippen LogP contribution in [0, 0.1) is 23.0 Å². The molecule has 4 N–H and O–H groups in total. The van der Waals surface area contributed by atoms with Crippen LogP contribution in [0.1, 0.15) is 51.2 Å². The number of halogens is 2. The Morgan fingerprint density at radius 3 is 2.38 bits per heavy atom. The van der Waals surface area contributed by atoms with Crippen LogP contribution in [0.2, 0.25) is 0 Å². The highest BCUT2D eigenvalue weighted by molar-refractivity contribution is 7.08. The van der Waals surface area contributed by atoms with Crippen LogP contribution >= 0.6 is 11.3 Å². The van der Waals surface area contributed by atoms with E-state index in [4.69, 9.17) is 5.73 Å². The fourth-order valence-corrected chi connectivity index (χ4v) is 7.02. The van der Waals surface area contributed by atoms with E-state index in [1.54, 1.807) is 35.3 Å². The summed E-state index contributed by atoms with van der Waals surface area (Å²) in [6.07, 6.45) is 3.84. The minimum Gasteiger partial charge on any atom is -0.391 e. The third kappa shape index (κ3) is 8.54. The first-order valence-electron chi connectivity index (χ1n) is 15.5. The third-order valence-corrected chi connectivity index (χ3v) is 9.03. The quantitative estimate of drug-likeness (QED) is 0.180. The van der Waals surface area contributed by atoms with E-state index in [2.05, 4.69) is 22.8 Å². The summed E-state index contributed by atoms with van der Waals surface area (Å²) in [6, 6.07) is 13.3. The van der Waals surface area contributed by atoms with Gasteiger partial charge in [-0.3, -0.25) is 9.59 Å². The van der Waals surface area contributed by atoms with Crippen LogP contribution in [-0.4, -0.2) is 47.6 Å². The van der Waals surface area contributed by atoms with Gasteiger partial charge >= 0.3 is 0 Å². The number of nitrogens with two attached hydrogens (primary N) is 1. The van der Waals surface area contributed by atoms with Gasteiger partial charge in [-0.2, -0.15) is 11.3 Å². The van der Waals surface area contributed by atoms with Crippen molar-refractivity contribution in [1.82, 2.24) is 10.2 Å². The summed E-state index contributed by atoms with van der Waals surface area (Å²) in [6.45, 7) is 7.46. The van der Waals surface area contributed by atoms with Gasteiger partial charge < -0.3 is 21.1 Å². The largest absolute Gasteiger partial charge is 0.391 e. The molecule has 0 saturated carbocycles. The van der Waals surface area contributed by atoms with Crippen LogP contribution < -0.4 is 11.1 Å². The molecule has 240 valence electrons. The number of nitrogens with one attached hydrogen (secondary N) is 1. The Morgan fingerprint density at radius 1 is 1.04 bits per heavy atom. The van der Waals surface area contributed by atoms with E-state index in [9.17, 15) is 23.5 Å². The van der Waals surface area contributed by atoms with Gasteiger partial charge in [-0.05, 0) is 89.9 Å². The van der Waals surface area contributed by atoms with Crippen LogP contribution in [0.5, 0.6) is 0 Å². The number of aliphatic hydroxyl groups is 1. The Kier molecular flexibility index (Phi) is 11.8. The van der Waals surface area contributed by atoms with Gasteiger partial charge in [0, 0.05) is 43.7 Å². The molecule has 1 aliphatic carbocycles. The fourth-order valence-electron chi connectivity index (χ4n) is 6.35. The average molecular weight is 636 g/mol. The Balaban J connectivity index is 1.64. The lowest BCUT2D eigenvalue weighted by atomic mass is 9.63. The Morgan fingerprint density at radius 2 is 1.76 bits per heavy atom. The number of aliphatic hydroxyl groups excluding tert-OH is 1. The van der Waals surface area contributed by atoms with Crippen molar-refractivity contribution in [2.45, 2.75) is 59.1 Å². The first-order chi connectivity index (χ1) is 21.6. The normalized spacial score (nSPS) is 17.7. The summed E-state index contributed by atoms with van der Waals surface area (Å²) in [4.78, 5) is 29.0. The molecule has 1 heterocycles. The Labute approximate surface area is 268 Å². The predicted molar refractivity (Wildman–Crippen MR) is 176 cm³/mol. The monoisotopic (exact) mass is 635 g/mol. The van der Waals surface area contributed by atoms with Crippen molar-refractivity contribution >= 4 is 23.2 Å². The maximum absolute atomic E-state index is 14.3. The highest BCUT2D eigenvalue weighted by Crippen LogP contribution is 2.44. The maximum atomic E-state index is 14.3. The number of allylic oxidation sites excluding steroid dienone is 2. The zero-order chi connectivity index (χ0) is 32.6. The van der Waals surface area contributed by atoms with E-state index in [0.717, 1.165) is 35.6 Å². The molecule has 1 aliphatic rings. The zero-order valence-corrected chi connectivity index (χ0v) is 27.0. The maximum Gasteiger partial charge on any atom is 0.249 e. The lowest BCUT2D eigenvalue weighted by Gasteiger charge is -2.42. The van der Waals surface area contributed by atoms with E-state index < -0.39 is 35.0 Å². The standard InChI is InChI=1S/C36H43F2N3O3S/c1-4-10-41(11-5-2)34(43)29-13-24(3)19-36(20-29,35(39)44)32(17-26-15-30(37)18-31(38)16-26)33(42)22-40-21-25-7-6-8-27(14-25)28-9-12-45-23-28/h6-9,12-16,18-19,23,32-33,40,42H,4-5,10-11,17,20-22H2,1-3H3,(H2,39,44)/t32-,33+,36?/m1/s1. The summed E-state index contributed by atoms with van der Waals surface area (Å²) < 4.78 is 28.6. The number of carbonyl (C=O) groups excluding carboxylic acids is 2. The first-order valence-corrected chi connectivity index (χ1v) is 16.4. The van der Waals surface area contributed by atoms with Gasteiger partial charge in [0.15, 0.2) is 0 Å². The Hall–Kier alpha value is -3.66. The van der Waals surface area contributed by atoms with Crippen molar-refractivity contribution in [3.05, 3.63) is 105 Å². The van der Waals surface area contributed by atoms with E-state index in [-0.39, 0.29) is 30.9 Å². The van der Waals surface area contributed by atoms with Crippen LogP contribution in [0.3, 0.4) is 0 Å². The molecule has 0 bridgehead atoms. The van der Waals surface area contributed by atoms with Crippen LogP contribution in [-0.2, 0) is 22.6 Å². The summed E-state index contributed by atoms with van der Waals surface area (Å²) >= 11 is 1.63. The van der Waals surface area contributed by atoms with Gasteiger partial charge in [-0.15, -0.1) is 0 Å². The molecule has 1 aromatic heterocycles. The zero-order valence-electron chi connectivity index (χ0n) is 26.2. The summed E-state index contributed by atoms with van der Waals surface area (Å²) in [5.41, 5.74) is 9.26. The van der Waals surface area contributed by atoms with Crippen molar-refractivity contribution in [2.75, 3.05) is 19.6 Å². The van der Waals surface area contributed by atoms with Gasteiger partial charge in [0.25, 0.3) is 0 Å². The van der Waals surface area contributed by atoms with E-state index >= 15 is 0 Å². The molecule has 0 fully saturated rings. The highest BCUT2D eigenvalue weighted by Gasteiger charge is 2.48. The highest BCUT2D eigenvalue weighted by atomic mass is 32.1. The number of benzene rings is 2. The van der Waals surface area contributed by atoms with Crippen molar-refractivity contribution in [1.29, 1.82) is 0 Å². The van der Waals surface area contributed by atoms with Gasteiger partial charge in [0.05, 0.1) is 11.5 Å². The lowest BCUT2D eigenvalue weighted by molar-refractivity contribution is -0.132. The van der Waals surface area contributed by atoms with Crippen LogP contribution in [0.15, 0.2) is 82.6 Å². The number of amides is 2. The van der Waals surface area contributed by atoms with Crippen molar-refractivity contribution in [2.24, 2.45) is 17.1 Å². The van der Waals surface area contributed by atoms with Gasteiger partial charge in [-0.25, -0.2) is 8.78 Å². The summed E-state index contributed by atoms with van der Waals surface area (Å²) in [5.74, 6) is -3.28. The predicted octanol–water partition coefficient (Wildman–Crippen LogP) is 6.40. The van der Waals surface area contributed by atoms with Crippen molar-refractivity contribution in [3.8, 4) is 11.1 Å². The van der Waals surface area contributed by atoms with Gasteiger partial charge in [0.2, 0.25) is 11.8 Å². The number of thiophene rings is 1. The molecule has 2 amide bonds. The number of hydrogen-bond donors (Lipinski definition) is 3. The molecular formula is C36H43F2N3O3S. The van der Waals surface area contributed by atoms with E-state index in [1.807, 2.05) is 37.4 Å². The molecule has 45 heavy (non-hydrogen) atoms. The van der Waals surface area contributed by atoms with Gasteiger partial charge in [-0.1, -0.05) is 49.8 Å². The van der Waals surface area contributed by atoms with E-state index in [1.165, 1.54) is 12.1 Å². The molecular weight excluding hydrogens is 592 g/mol. The minimum atomic E-state index is -1.48. The first kappa shape index (κ1) is 34.2. The molecule has 3 atom stereocenters. The molecule has 2 aromatic carbocycles. The molecule has 3 aromatic rings. The number of nitrogens with zero attached hydrogens (tertiary/aromatic N) is 1. The van der Waals surface area contributed by atoms with Crippen LogP contribution in [0.25, 0.3) is 11.1 Å². The average Bonchev–Trinajstić information content (AvgIpc) is 3.54. The van der Waals surface area contributed by atoms with Crippen molar-refractivity contribution < 1.29 is 23.5 Å². The molecule has 1 unspecified atom stereocenters. The number of carbonyl (C=O) groups is 2.